The first-order chi connectivity index (χ1) is 9.86. The SMILES string of the molecule is COCC(O)CNC(=O)NCC(C)(C)c1ccccc1F. The molecule has 0 aliphatic carbocycles. The second-order valence-corrected chi connectivity index (χ2v) is 5.54. The van der Waals surface area contributed by atoms with Crippen molar-refractivity contribution in [2.45, 2.75) is 25.4 Å². The average molecular weight is 298 g/mol. The molecule has 0 aliphatic rings. The summed E-state index contributed by atoms with van der Waals surface area (Å²) in [6.07, 6.45) is -0.750. The summed E-state index contributed by atoms with van der Waals surface area (Å²) in [7, 11) is 1.47. The number of carbonyl (C=O) groups excluding carboxylic acids is 1. The van der Waals surface area contributed by atoms with Gasteiger partial charge in [-0.2, -0.15) is 0 Å². The Labute approximate surface area is 124 Å². The fraction of sp³-hybridized carbons (Fsp3) is 0.533. The molecule has 0 aromatic heterocycles. The van der Waals surface area contributed by atoms with Crippen LogP contribution >= 0.6 is 0 Å². The number of ether oxygens (including phenoxy) is 1. The third-order valence-electron chi connectivity index (χ3n) is 3.15. The lowest BCUT2D eigenvalue weighted by Gasteiger charge is -2.26. The fourth-order valence-corrected chi connectivity index (χ4v) is 1.93. The van der Waals surface area contributed by atoms with Crippen LogP contribution in [-0.2, 0) is 10.2 Å². The second-order valence-electron chi connectivity index (χ2n) is 5.54. The van der Waals surface area contributed by atoms with Gasteiger partial charge in [0, 0.05) is 25.6 Å². The first-order valence-corrected chi connectivity index (χ1v) is 6.80. The predicted molar refractivity (Wildman–Crippen MR) is 78.7 cm³/mol. The number of halogens is 1. The van der Waals surface area contributed by atoms with Gasteiger partial charge in [0.05, 0.1) is 12.7 Å². The normalized spacial score (nSPS) is 12.8. The minimum absolute atomic E-state index is 0.0970. The minimum Gasteiger partial charge on any atom is -0.389 e. The van der Waals surface area contributed by atoms with E-state index in [0.717, 1.165) is 0 Å². The van der Waals surface area contributed by atoms with Crippen LogP contribution in [0.3, 0.4) is 0 Å². The van der Waals surface area contributed by atoms with Gasteiger partial charge in [0.1, 0.15) is 5.82 Å². The molecule has 1 aromatic carbocycles. The Morgan fingerprint density at radius 2 is 2.05 bits per heavy atom. The summed E-state index contributed by atoms with van der Waals surface area (Å²) >= 11 is 0. The maximum atomic E-state index is 13.8. The van der Waals surface area contributed by atoms with E-state index in [4.69, 9.17) is 4.74 Å². The molecule has 118 valence electrons. The quantitative estimate of drug-likeness (QED) is 0.713. The lowest BCUT2D eigenvalue weighted by atomic mass is 9.84. The van der Waals surface area contributed by atoms with Crippen molar-refractivity contribution in [3.05, 3.63) is 35.6 Å². The van der Waals surface area contributed by atoms with E-state index in [1.165, 1.54) is 13.2 Å². The summed E-state index contributed by atoms with van der Waals surface area (Å²) in [5, 5.41) is 14.6. The third kappa shape index (κ3) is 5.69. The summed E-state index contributed by atoms with van der Waals surface area (Å²) in [4.78, 5) is 11.6. The number of hydrogen-bond donors (Lipinski definition) is 3. The molecule has 3 N–H and O–H groups in total. The molecule has 6 heteroatoms. The monoisotopic (exact) mass is 298 g/mol. The van der Waals surface area contributed by atoms with Gasteiger partial charge in [0.15, 0.2) is 0 Å². The van der Waals surface area contributed by atoms with Gasteiger partial charge in [0.25, 0.3) is 0 Å². The topological polar surface area (TPSA) is 70.6 Å². The molecule has 1 rings (SSSR count). The van der Waals surface area contributed by atoms with Crippen LogP contribution in [0, 0.1) is 5.82 Å². The predicted octanol–water partition coefficient (Wildman–Crippen LogP) is 1.41. The zero-order valence-corrected chi connectivity index (χ0v) is 12.6. The van der Waals surface area contributed by atoms with Crippen LogP contribution in [0.2, 0.25) is 0 Å². The highest BCUT2D eigenvalue weighted by atomic mass is 19.1. The van der Waals surface area contributed by atoms with Crippen molar-refractivity contribution in [1.29, 1.82) is 0 Å². The second kappa shape index (κ2) is 7.95. The van der Waals surface area contributed by atoms with E-state index in [2.05, 4.69) is 10.6 Å². The molecule has 5 nitrogen and oxygen atoms in total. The van der Waals surface area contributed by atoms with Crippen molar-refractivity contribution in [3.63, 3.8) is 0 Å². The van der Waals surface area contributed by atoms with Crippen molar-refractivity contribution < 1.29 is 19.0 Å². The Morgan fingerprint density at radius 3 is 2.67 bits per heavy atom. The number of carbonyl (C=O) groups is 1. The van der Waals surface area contributed by atoms with E-state index in [1.807, 2.05) is 13.8 Å². The van der Waals surface area contributed by atoms with E-state index in [-0.39, 0.29) is 25.5 Å². The summed E-state index contributed by atoms with van der Waals surface area (Å²) in [5.41, 5.74) is 0.0121. The van der Waals surface area contributed by atoms with Crippen LogP contribution in [0.1, 0.15) is 19.4 Å². The van der Waals surface area contributed by atoms with Gasteiger partial charge in [0.2, 0.25) is 0 Å². The summed E-state index contributed by atoms with van der Waals surface area (Å²) in [6.45, 7) is 4.23. The first-order valence-electron chi connectivity index (χ1n) is 6.80. The third-order valence-corrected chi connectivity index (χ3v) is 3.15. The van der Waals surface area contributed by atoms with Gasteiger partial charge in [-0.25, -0.2) is 9.18 Å². The molecule has 0 radical (unpaired) electrons. The maximum absolute atomic E-state index is 13.8. The molecule has 0 bridgehead atoms. The van der Waals surface area contributed by atoms with Crippen molar-refractivity contribution in [2.24, 2.45) is 0 Å². The van der Waals surface area contributed by atoms with E-state index in [1.54, 1.807) is 18.2 Å². The molecule has 0 spiro atoms. The number of nitrogens with one attached hydrogen (secondary N) is 2. The largest absolute Gasteiger partial charge is 0.389 e. The van der Waals surface area contributed by atoms with Gasteiger partial charge < -0.3 is 20.5 Å². The molecule has 1 unspecified atom stereocenters. The number of amides is 2. The minimum atomic E-state index is -0.750. The zero-order chi connectivity index (χ0) is 15.9. The highest BCUT2D eigenvalue weighted by Crippen LogP contribution is 2.24. The van der Waals surface area contributed by atoms with E-state index < -0.39 is 17.6 Å². The molecule has 1 aromatic rings. The Kier molecular flexibility index (Phi) is 6.58. The zero-order valence-electron chi connectivity index (χ0n) is 12.6. The molecule has 0 saturated heterocycles. The number of benzene rings is 1. The maximum Gasteiger partial charge on any atom is 0.314 e. The molecule has 0 saturated carbocycles. The average Bonchev–Trinajstić information content (AvgIpc) is 2.43. The number of urea groups is 1. The molecule has 0 heterocycles. The van der Waals surface area contributed by atoms with E-state index in [9.17, 15) is 14.3 Å². The lowest BCUT2D eigenvalue weighted by molar-refractivity contribution is 0.0659. The Balaban J connectivity index is 2.46. The molecular formula is C15H23FN2O3. The fourth-order valence-electron chi connectivity index (χ4n) is 1.93. The van der Waals surface area contributed by atoms with Crippen molar-refractivity contribution in [2.75, 3.05) is 26.8 Å². The lowest BCUT2D eigenvalue weighted by Crippen LogP contribution is -2.45. The van der Waals surface area contributed by atoms with Crippen LogP contribution < -0.4 is 10.6 Å². The van der Waals surface area contributed by atoms with Crippen molar-refractivity contribution >= 4 is 6.03 Å². The number of aliphatic hydroxyl groups excluding tert-OH is 1. The highest BCUT2D eigenvalue weighted by Gasteiger charge is 2.24. The summed E-state index contributed by atoms with van der Waals surface area (Å²) in [6, 6.07) is 6.10. The summed E-state index contributed by atoms with van der Waals surface area (Å²) in [5.74, 6) is -0.291. The Morgan fingerprint density at radius 1 is 1.38 bits per heavy atom. The van der Waals surface area contributed by atoms with Crippen LogP contribution in [0.15, 0.2) is 24.3 Å². The van der Waals surface area contributed by atoms with Gasteiger partial charge in [-0.05, 0) is 11.6 Å². The molecule has 0 fully saturated rings. The number of methoxy groups -OCH3 is 1. The van der Waals surface area contributed by atoms with Crippen molar-refractivity contribution in [1.82, 2.24) is 10.6 Å². The standard InChI is InChI=1S/C15H23FN2O3/c1-15(2,12-6-4-5-7-13(12)16)10-18-14(20)17-8-11(19)9-21-3/h4-7,11,19H,8-10H2,1-3H3,(H2,17,18,20). The van der Waals surface area contributed by atoms with Gasteiger partial charge in [-0.15, -0.1) is 0 Å². The number of hydrogen-bond acceptors (Lipinski definition) is 3. The van der Waals surface area contributed by atoms with Crippen molar-refractivity contribution in [3.8, 4) is 0 Å². The number of aliphatic hydroxyl groups is 1. The van der Waals surface area contributed by atoms with Crippen LogP contribution in [0.5, 0.6) is 0 Å². The van der Waals surface area contributed by atoms with Crippen LogP contribution in [0.25, 0.3) is 0 Å². The molecule has 21 heavy (non-hydrogen) atoms. The van der Waals surface area contributed by atoms with Gasteiger partial charge >= 0.3 is 6.03 Å². The summed E-state index contributed by atoms with van der Waals surface area (Å²) < 4.78 is 18.5. The molecule has 2 amide bonds. The van der Waals surface area contributed by atoms with Crippen LogP contribution in [0.4, 0.5) is 9.18 Å². The Hall–Kier alpha value is -1.66. The van der Waals surface area contributed by atoms with Crippen LogP contribution in [-0.4, -0.2) is 44.0 Å². The highest BCUT2D eigenvalue weighted by molar-refractivity contribution is 5.74. The smallest absolute Gasteiger partial charge is 0.314 e. The Bertz CT molecular complexity index is 466. The van der Waals surface area contributed by atoms with E-state index in [0.29, 0.717) is 5.56 Å². The molecule has 0 aliphatic heterocycles. The van der Waals surface area contributed by atoms with E-state index >= 15 is 0 Å². The molecule has 1 atom stereocenters. The van der Waals surface area contributed by atoms with Gasteiger partial charge in [-0.3, -0.25) is 0 Å². The first kappa shape index (κ1) is 17.4. The van der Waals surface area contributed by atoms with Gasteiger partial charge in [-0.1, -0.05) is 32.0 Å². The molecular weight excluding hydrogens is 275 g/mol. The number of rotatable bonds is 7.